The molecule has 2 aromatic carbocycles. The summed E-state index contributed by atoms with van der Waals surface area (Å²) in [4.78, 5) is 14.6. The standard InChI is InChI=1S/C18H20N2O4S2/c1-12-11-20(13(2)21)17-10-16(8-9-18(17)25-12)26(22,23)19-14-4-6-15(24-3)7-5-14/h4-10,12,19H,11H2,1-3H3/t12-/m0/s1. The smallest absolute Gasteiger partial charge is 0.261 e. The van der Waals surface area contributed by atoms with Gasteiger partial charge < -0.3 is 9.64 Å². The van der Waals surface area contributed by atoms with Gasteiger partial charge in [-0.25, -0.2) is 8.42 Å². The minimum atomic E-state index is -3.77. The van der Waals surface area contributed by atoms with E-state index < -0.39 is 10.0 Å². The molecule has 1 N–H and O–H groups in total. The van der Waals surface area contributed by atoms with E-state index >= 15 is 0 Å². The van der Waals surface area contributed by atoms with Crippen molar-refractivity contribution in [1.29, 1.82) is 0 Å². The third kappa shape index (κ3) is 3.81. The molecule has 0 aromatic heterocycles. The summed E-state index contributed by atoms with van der Waals surface area (Å²) in [5, 5.41) is 0.256. The number of methoxy groups -OCH3 is 1. The summed E-state index contributed by atoms with van der Waals surface area (Å²) in [6, 6.07) is 11.5. The monoisotopic (exact) mass is 392 g/mol. The van der Waals surface area contributed by atoms with Gasteiger partial charge in [0.25, 0.3) is 10.0 Å². The molecular weight excluding hydrogens is 372 g/mol. The largest absolute Gasteiger partial charge is 0.497 e. The summed E-state index contributed by atoms with van der Waals surface area (Å²) < 4.78 is 33.1. The lowest BCUT2D eigenvalue weighted by atomic mass is 10.2. The van der Waals surface area contributed by atoms with E-state index in [4.69, 9.17) is 4.74 Å². The van der Waals surface area contributed by atoms with Crippen LogP contribution in [0.3, 0.4) is 0 Å². The number of anilines is 2. The van der Waals surface area contributed by atoms with Crippen LogP contribution in [0.2, 0.25) is 0 Å². The quantitative estimate of drug-likeness (QED) is 0.864. The summed E-state index contributed by atoms with van der Waals surface area (Å²) in [6.07, 6.45) is 0. The molecule has 0 saturated carbocycles. The Morgan fingerprint density at radius 3 is 2.54 bits per heavy atom. The highest BCUT2D eigenvalue weighted by Crippen LogP contribution is 2.39. The van der Waals surface area contributed by atoms with E-state index in [1.54, 1.807) is 66.2 Å². The fourth-order valence-corrected chi connectivity index (χ4v) is 4.93. The number of amides is 1. The molecule has 0 radical (unpaired) electrons. The zero-order valence-corrected chi connectivity index (χ0v) is 16.4. The molecule has 1 heterocycles. The maximum atomic E-state index is 12.7. The van der Waals surface area contributed by atoms with E-state index in [2.05, 4.69) is 4.72 Å². The number of fused-ring (bicyclic) bond motifs is 1. The van der Waals surface area contributed by atoms with Crippen molar-refractivity contribution in [2.24, 2.45) is 0 Å². The number of rotatable bonds is 4. The van der Waals surface area contributed by atoms with Crippen molar-refractivity contribution in [3.8, 4) is 5.75 Å². The Labute approximate surface area is 157 Å². The molecule has 3 rings (SSSR count). The van der Waals surface area contributed by atoms with Crippen LogP contribution < -0.4 is 14.4 Å². The van der Waals surface area contributed by atoms with Crippen LogP contribution in [0, 0.1) is 0 Å². The zero-order valence-electron chi connectivity index (χ0n) is 14.7. The Kier molecular flexibility index (Phi) is 5.15. The first-order valence-electron chi connectivity index (χ1n) is 8.06. The second-order valence-corrected chi connectivity index (χ2v) is 9.18. The molecule has 1 amide bonds. The molecule has 0 unspecified atom stereocenters. The highest BCUT2D eigenvalue weighted by Gasteiger charge is 2.27. The minimum absolute atomic E-state index is 0.101. The van der Waals surface area contributed by atoms with Crippen molar-refractivity contribution in [3.05, 3.63) is 42.5 Å². The summed E-state index contributed by atoms with van der Waals surface area (Å²) in [5.74, 6) is 0.543. The van der Waals surface area contributed by atoms with Crippen molar-refractivity contribution in [2.45, 2.75) is 28.9 Å². The maximum Gasteiger partial charge on any atom is 0.261 e. The van der Waals surface area contributed by atoms with Crippen LogP contribution in [0.25, 0.3) is 0 Å². The van der Waals surface area contributed by atoms with Crippen LogP contribution in [-0.4, -0.2) is 33.2 Å². The number of hydrogen-bond acceptors (Lipinski definition) is 5. The topological polar surface area (TPSA) is 75.7 Å². The Bertz CT molecular complexity index is 927. The van der Waals surface area contributed by atoms with Gasteiger partial charge in [0.2, 0.25) is 5.91 Å². The van der Waals surface area contributed by atoms with Crippen LogP contribution >= 0.6 is 11.8 Å². The molecule has 1 aliphatic rings. The lowest BCUT2D eigenvalue weighted by Gasteiger charge is -2.32. The molecule has 26 heavy (non-hydrogen) atoms. The molecule has 1 atom stereocenters. The molecule has 0 aliphatic carbocycles. The summed E-state index contributed by atoms with van der Waals surface area (Å²) >= 11 is 1.64. The van der Waals surface area contributed by atoms with Gasteiger partial charge in [0, 0.05) is 29.3 Å². The van der Waals surface area contributed by atoms with Crippen molar-refractivity contribution in [1.82, 2.24) is 0 Å². The zero-order chi connectivity index (χ0) is 18.9. The molecular formula is C18H20N2O4S2. The number of sulfonamides is 1. The normalized spacial score (nSPS) is 16.7. The molecule has 138 valence electrons. The highest BCUT2D eigenvalue weighted by atomic mass is 32.2. The predicted molar refractivity (Wildman–Crippen MR) is 104 cm³/mol. The molecule has 0 saturated heterocycles. The molecule has 0 spiro atoms. The van der Waals surface area contributed by atoms with Gasteiger partial charge in [-0.15, -0.1) is 11.8 Å². The molecule has 6 nitrogen and oxygen atoms in total. The molecule has 0 fully saturated rings. The van der Waals surface area contributed by atoms with Crippen LogP contribution in [-0.2, 0) is 14.8 Å². The Morgan fingerprint density at radius 1 is 1.23 bits per heavy atom. The molecule has 2 aromatic rings. The Morgan fingerprint density at radius 2 is 1.92 bits per heavy atom. The maximum absolute atomic E-state index is 12.7. The van der Waals surface area contributed by atoms with E-state index in [1.165, 1.54) is 6.92 Å². The van der Waals surface area contributed by atoms with Gasteiger partial charge in [-0.2, -0.15) is 0 Å². The first-order valence-corrected chi connectivity index (χ1v) is 10.4. The lowest BCUT2D eigenvalue weighted by molar-refractivity contribution is -0.116. The van der Waals surface area contributed by atoms with E-state index in [1.807, 2.05) is 6.92 Å². The van der Waals surface area contributed by atoms with Gasteiger partial charge in [0.05, 0.1) is 17.7 Å². The average molecular weight is 393 g/mol. The second-order valence-electron chi connectivity index (χ2n) is 6.02. The number of hydrogen-bond donors (Lipinski definition) is 1. The van der Waals surface area contributed by atoms with Crippen LogP contribution in [0.4, 0.5) is 11.4 Å². The SMILES string of the molecule is COc1ccc(NS(=O)(=O)c2ccc3c(c2)N(C(C)=O)C[C@H](C)S3)cc1. The van der Waals surface area contributed by atoms with Crippen molar-refractivity contribution < 1.29 is 17.9 Å². The van der Waals surface area contributed by atoms with Gasteiger partial charge in [-0.05, 0) is 42.5 Å². The highest BCUT2D eigenvalue weighted by molar-refractivity contribution is 8.00. The fourth-order valence-electron chi connectivity index (χ4n) is 2.76. The average Bonchev–Trinajstić information content (AvgIpc) is 2.60. The van der Waals surface area contributed by atoms with Gasteiger partial charge in [-0.3, -0.25) is 9.52 Å². The number of carbonyl (C=O) groups is 1. The van der Waals surface area contributed by atoms with Gasteiger partial charge >= 0.3 is 0 Å². The van der Waals surface area contributed by atoms with Crippen molar-refractivity contribution in [3.63, 3.8) is 0 Å². The van der Waals surface area contributed by atoms with Crippen molar-refractivity contribution >= 4 is 39.1 Å². The summed E-state index contributed by atoms with van der Waals surface area (Å²) in [6.45, 7) is 4.09. The van der Waals surface area contributed by atoms with E-state index in [9.17, 15) is 13.2 Å². The number of ether oxygens (including phenoxy) is 1. The van der Waals surface area contributed by atoms with Crippen LogP contribution in [0.15, 0.2) is 52.3 Å². The molecule has 0 bridgehead atoms. The number of nitrogens with zero attached hydrogens (tertiary/aromatic N) is 1. The van der Waals surface area contributed by atoms with Crippen LogP contribution in [0.1, 0.15) is 13.8 Å². The lowest BCUT2D eigenvalue weighted by Crippen LogP contribution is -2.37. The third-order valence-electron chi connectivity index (χ3n) is 4.02. The summed E-state index contributed by atoms with van der Waals surface area (Å²) in [7, 11) is -2.22. The van der Waals surface area contributed by atoms with Crippen molar-refractivity contribution in [2.75, 3.05) is 23.3 Å². The first kappa shape index (κ1) is 18.6. The number of carbonyl (C=O) groups excluding carboxylic acids is 1. The molecule has 8 heteroatoms. The predicted octanol–water partition coefficient (Wildman–Crippen LogP) is 3.34. The van der Waals surface area contributed by atoms with E-state index in [-0.39, 0.29) is 16.1 Å². The number of benzene rings is 2. The van der Waals surface area contributed by atoms with Gasteiger partial charge in [0.15, 0.2) is 0 Å². The van der Waals surface area contributed by atoms with Gasteiger partial charge in [0.1, 0.15) is 5.75 Å². The second kappa shape index (κ2) is 7.20. The molecule has 1 aliphatic heterocycles. The number of nitrogens with one attached hydrogen (secondary N) is 1. The Hall–Kier alpha value is -2.19. The first-order chi connectivity index (χ1) is 12.3. The Balaban J connectivity index is 1.93. The summed E-state index contributed by atoms with van der Waals surface area (Å²) in [5.41, 5.74) is 1.08. The van der Waals surface area contributed by atoms with Crippen LogP contribution in [0.5, 0.6) is 5.75 Å². The van der Waals surface area contributed by atoms with E-state index in [0.717, 1.165) is 4.90 Å². The minimum Gasteiger partial charge on any atom is -0.497 e. The van der Waals surface area contributed by atoms with E-state index in [0.29, 0.717) is 23.7 Å². The van der Waals surface area contributed by atoms with Gasteiger partial charge in [-0.1, -0.05) is 6.92 Å². The fraction of sp³-hybridized carbons (Fsp3) is 0.278. The third-order valence-corrected chi connectivity index (χ3v) is 6.55. The number of thioether (sulfide) groups is 1.